The molecule has 0 bridgehead atoms. The Labute approximate surface area is 187 Å². The molecule has 0 aromatic heterocycles. The van der Waals surface area contributed by atoms with Crippen LogP contribution in [0.2, 0.25) is 5.02 Å². The number of ether oxygens (including phenoxy) is 3. The molecule has 4 rings (SSSR count). The summed E-state index contributed by atoms with van der Waals surface area (Å²) in [6.45, 7) is 3.89. The Hall–Kier alpha value is -3.18. The molecule has 1 aliphatic rings. The van der Waals surface area contributed by atoms with Gasteiger partial charge in [-0.05, 0) is 60.9 Å². The third-order valence-electron chi connectivity index (χ3n) is 5.58. The van der Waals surface area contributed by atoms with E-state index in [1.165, 1.54) is 0 Å². The first-order valence-corrected chi connectivity index (χ1v) is 10.4. The zero-order valence-corrected chi connectivity index (χ0v) is 18.6. The third kappa shape index (κ3) is 3.81. The number of nitrogens with zero attached hydrogens (tertiary/aromatic N) is 1. The largest absolute Gasteiger partial charge is 0.493 e. The molecular weight excluding hydrogens is 414 g/mol. The van der Waals surface area contributed by atoms with Crippen LogP contribution in [0.5, 0.6) is 17.2 Å². The lowest BCUT2D eigenvalue weighted by atomic mass is 9.89. The van der Waals surface area contributed by atoms with E-state index in [0.717, 1.165) is 22.4 Å². The summed E-state index contributed by atoms with van der Waals surface area (Å²) in [6.07, 6.45) is -0.667. The average Bonchev–Trinajstić information content (AvgIpc) is 2.78. The Balaban J connectivity index is 1.76. The van der Waals surface area contributed by atoms with Gasteiger partial charge in [-0.3, -0.25) is 9.69 Å². The lowest BCUT2D eigenvalue weighted by Gasteiger charge is -2.47. The van der Waals surface area contributed by atoms with Crippen molar-refractivity contribution in [2.24, 2.45) is 0 Å². The fraction of sp³-hybridized carbons (Fsp3) is 0.240. The monoisotopic (exact) mass is 437 g/mol. The predicted molar refractivity (Wildman–Crippen MR) is 122 cm³/mol. The maximum atomic E-state index is 13.2. The molecule has 1 aliphatic heterocycles. The molecule has 31 heavy (non-hydrogen) atoms. The highest BCUT2D eigenvalue weighted by Gasteiger charge is 2.51. The first kappa shape index (κ1) is 21.1. The fourth-order valence-electron chi connectivity index (χ4n) is 3.78. The number of hydrogen-bond acceptors (Lipinski definition) is 4. The molecule has 1 amide bonds. The van der Waals surface area contributed by atoms with Crippen molar-refractivity contribution in [1.29, 1.82) is 0 Å². The highest BCUT2D eigenvalue weighted by atomic mass is 35.5. The van der Waals surface area contributed by atoms with E-state index < -0.39 is 6.10 Å². The number of para-hydroxylation sites is 1. The summed E-state index contributed by atoms with van der Waals surface area (Å²) >= 11 is 6.35. The van der Waals surface area contributed by atoms with E-state index in [1.807, 2.05) is 74.5 Å². The number of carbonyl (C=O) groups is 1. The van der Waals surface area contributed by atoms with Crippen LogP contribution >= 0.6 is 11.6 Å². The second-order valence-electron chi connectivity index (χ2n) is 7.50. The van der Waals surface area contributed by atoms with Gasteiger partial charge < -0.3 is 14.2 Å². The molecular formula is C25H24ClNO4. The van der Waals surface area contributed by atoms with E-state index in [9.17, 15) is 4.79 Å². The van der Waals surface area contributed by atoms with Crippen LogP contribution in [-0.2, 0) is 4.79 Å². The van der Waals surface area contributed by atoms with Gasteiger partial charge in [-0.1, -0.05) is 41.9 Å². The number of methoxy groups -OCH3 is 2. The van der Waals surface area contributed by atoms with E-state index >= 15 is 0 Å². The number of benzene rings is 3. The molecule has 0 aliphatic carbocycles. The molecule has 2 atom stereocenters. The standard InChI is InChI=1S/C25H24ClNO4/c1-15-9-11-18(14-19(15)26)27-23(17-10-12-21(29-3)22(13-17)30-4)24(25(27)28)31-20-8-6-5-7-16(20)2/h5-14,23-24H,1-4H3/t23-,24-/m1/s1. The van der Waals surface area contributed by atoms with Gasteiger partial charge in [0, 0.05) is 10.7 Å². The number of carbonyl (C=O) groups excluding carboxylic acids is 1. The minimum atomic E-state index is -0.667. The van der Waals surface area contributed by atoms with Crippen LogP contribution < -0.4 is 19.1 Å². The predicted octanol–water partition coefficient (Wildman–Crippen LogP) is 5.51. The molecule has 3 aromatic carbocycles. The van der Waals surface area contributed by atoms with Gasteiger partial charge in [-0.15, -0.1) is 0 Å². The van der Waals surface area contributed by atoms with Crippen LogP contribution in [0.15, 0.2) is 60.7 Å². The van der Waals surface area contributed by atoms with Crippen LogP contribution in [0.1, 0.15) is 22.7 Å². The van der Waals surface area contributed by atoms with E-state index in [-0.39, 0.29) is 11.9 Å². The number of amides is 1. The second-order valence-corrected chi connectivity index (χ2v) is 7.91. The molecule has 0 spiro atoms. The average molecular weight is 438 g/mol. The number of aryl methyl sites for hydroxylation is 2. The molecule has 1 saturated heterocycles. The van der Waals surface area contributed by atoms with E-state index in [0.29, 0.717) is 22.3 Å². The molecule has 6 heteroatoms. The van der Waals surface area contributed by atoms with Gasteiger partial charge >= 0.3 is 0 Å². The maximum Gasteiger partial charge on any atom is 0.271 e. The molecule has 5 nitrogen and oxygen atoms in total. The summed E-state index contributed by atoms with van der Waals surface area (Å²) in [7, 11) is 3.18. The van der Waals surface area contributed by atoms with E-state index in [4.69, 9.17) is 25.8 Å². The van der Waals surface area contributed by atoms with Crippen molar-refractivity contribution in [1.82, 2.24) is 0 Å². The Morgan fingerprint density at radius 3 is 2.26 bits per heavy atom. The van der Waals surface area contributed by atoms with Crippen molar-refractivity contribution >= 4 is 23.2 Å². The first-order chi connectivity index (χ1) is 14.9. The topological polar surface area (TPSA) is 48.0 Å². The van der Waals surface area contributed by atoms with Crippen LogP contribution in [-0.4, -0.2) is 26.2 Å². The van der Waals surface area contributed by atoms with Crippen molar-refractivity contribution in [2.45, 2.75) is 26.0 Å². The van der Waals surface area contributed by atoms with Crippen molar-refractivity contribution in [3.8, 4) is 17.2 Å². The Bertz CT molecular complexity index is 1130. The van der Waals surface area contributed by atoms with Gasteiger partial charge in [0.15, 0.2) is 11.5 Å². The quantitative estimate of drug-likeness (QED) is 0.477. The summed E-state index contributed by atoms with van der Waals surface area (Å²) in [4.78, 5) is 15.0. The summed E-state index contributed by atoms with van der Waals surface area (Å²) in [5.74, 6) is 1.78. The smallest absolute Gasteiger partial charge is 0.271 e. The molecule has 0 unspecified atom stereocenters. The Morgan fingerprint density at radius 1 is 0.839 bits per heavy atom. The SMILES string of the molecule is COc1ccc([C@@H]2[C@@H](Oc3ccccc3C)C(=O)N2c2ccc(C)c(Cl)c2)cc1OC. The zero-order valence-electron chi connectivity index (χ0n) is 17.9. The van der Waals surface area contributed by atoms with E-state index in [2.05, 4.69) is 0 Å². The molecule has 3 aromatic rings. The summed E-state index contributed by atoms with van der Waals surface area (Å²) in [5.41, 5.74) is 3.53. The van der Waals surface area contributed by atoms with Gasteiger partial charge in [0.05, 0.1) is 14.2 Å². The maximum absolute atomic E-state index is 13.2. The zero-order chi connectivity index (χ0) is 22.1. The van der Waals surface area contributed by atoms with Gasteiger partial charge in [0.1, 0.15) is 11.8 Å². The number of hydrogen-bond donors (Lipinski definition) is 0. The number of anilines is 1. The first-order valence-electron chi connectivity index (χ1n) is 9.98. The van der Waals surface area contributed by atoms with Gasteiger partial charge in [0.2, 0.25) is 6.10 Å². The molecule has 160 valence electrons. The van der Waals surface area contributed by atoms with Gasteiger partial charge in [-0.2, -0.15) is 0 Å². The Morgan fingerprint density at radius 2 is 1.58 bits per heavy atom. The van der Waals surface area contributed by atoms with Crippen LogP contribution in [0.3, 0.4) is 0 Å². The molecule has 0 saturated carbocycles. The molecule has 1 heterocycles. The number of β-lactam (4-membered cyclic amide) rings is 1. The molecule has 1 fully saturated rings. The normalized spacial score (nSPS) is 17.8. The van der Waals surface area contributed by atoms with Crippen LogP contribution in [0.25, 0.3) is 0 Å². The van der Waals surface area contributed by atoms with Gasteiger partial charge in [0.25, 0.3) is 5.91 Å². The molecule has 0 radical (unpaired) electrons. The van der Waals surface area contributed by atoms with Crippen molar-refractivity contribution in [3.05, 3.63) is 82.4 Å². The second kappa shape index (κ2) is 8.52. The van der Waals surface area contributed by atoms with Gasteiger partial charge in [-0.25, -0.2) is 0 Å². The van der Waals surface area contributed by atoms with Crippen LogP contribution in [0, 0.1) is 13.8 Å². The Kier molecular flexibility index (Phi) is 5.79. The van der Waals surface area contributed by atoms with E-state index in [1.54, 1.807) is 19.1 Å². The highest BCUT2D eigenvalue weighted by Crippen LogP contribution is 2.44. The number of halogens is 1. The van der Waals surface area contributed by atoms with Crippen LogP contribution in [0.4, 0.5) is 5.69 Å². The summed E-state index contributed by atoms with van der Waals surface area (Å²) in [6, 6.07) is 18.6. The van der Waals surface area contributed by atoms with Crippen molar-refractivity contribution < 1.29 is 19.0 Å². The fourth-order valence-corrected chi connectivity index (χ4v) is 3.96. The third-order valence-corrected chi connectivity index (χ3v) is 5.98. The van der Waals surface area contributed by atoms with Crippen molar-refractivity contribution in [2.75, 3.05) is 19.1 Å². The number of rotatable bonds is 6. The lowest BCUT2D eigenvalue weighted by Crippen LogP contribution is -2.61. The highest BCUT2D eigenvalue weighted by molar-refractivity contribution is 6.31. The summed E-state index contributed by atoms with van der Waals surface area (Å²) in [5, 5.41) is 0.611. The van der Waals surface area contributed by atoms with Crippen molar-refractivity contribution in [3.63, 3.8) is 0 Å². The lowest BCUT2D eigenvalue weighted by molar-refractivity contribution is -0.135. The minimum absolute atomic E-state index is 0.122. The minimum Gasteiger partial charge on any atom is -0.493 e. The summed E-state index contributed by atoms with van der Waals surface area (Å²) < 4.78 is 17.0. The molecule has 0 N–H and O–H groups in total.